The average molecular weight is 606 g/mol. The smallest absolute Gasteiger partial charge is 0.338 e. The molecule has 0 unspecified atom stereocenters. The summed E-state index contributed by atoms with van der Waals surface area (Å²) in [6.07, 6.45) is 3.43. The first-order valence-corrected chi connectivity index (χ1v) is 15.0. The number of hydrogen-bond donors (Lipinski definition) is 0. The summed E-state index contributed by atoms with van der Waals surface area (Å²) in [7, 11) is 3.09. The average Bonchev–Trinajstić information content (AvgIpc) is 3.63. The molecule has 1 amide bonds. The van der Waals surface area contributed by atoms with Gasteiger partial charge in [-0.25, -0.2) is 9.79 Å². The maximum absolute atomic E-state index is 14.0. The van der Waals surface area contributed by atoms with Crippen molar-refractivity contribution in [1.29, 1.82) is 0 Å². The lowest BCUT2D eigenvalue weighted by Crippen LogP contribution is -2.40. The van der Waals surface area contributed by atoms with Crippen LogP contribution in [0.3, 0.4) is 0 Å². The molecule has 1 fully saturated rings. The molecule has 11 heteroatoms. The van der Waals surface area contributed by atoms with Crippen LogP contribution in [-0.2, 0) is 14.3 Å². The third-order valence-electron chi connectivity index (χ3n) is 7.29. The topological polar surface area (TPSA) is 109 Å². The number of thiazole rings is 1. The Labute approximate surface area is 253 Å². The SMILES string of the molecule is COc1cccc([C@@H]2C(C(=O)OC(C)C)=C(C)N=c3s/c(=C\c4ccc(OCC(=O)N5CCCC5)c(OC)c4)c(=O)n32)c1. The highest BCUT2D eigenvalue weighted by Gasteiger charge is 2.34. The molecule has 2 aliphatic heterocycles. The number of likely N-dealkylation sites (tertiary alicyclic amines) is 1. The van der Waals surface area contributed by atoms with Crippen molar-refractivity contribution in [3.63, 3.8) is 0 Å². The molecule has 2 aliphatic rings. The first-order valence-electron chi connectivity index (χ1n) is 14.2. The Hall–Kier alpha value is -4.38. The lowest BCUT2D eigenvalue weighted by molar-refractivity contribution is -0.143. The molecule has 10 nitrogen and oxygen atoms in total. The standard InChI is InChI=1S/C32H35N3O7S/c1-19(2)42-31(38)28-20(3)33-32-35(29(28)22-9-8-10-23(17-22)39-4)30(37)26(43-32)16-21-11-12-24(25(15-21)40-5)41-18-27(36)34-13-6-7-14-34/h8-12,15-17,19,29H,6-7,13-14,18H2,1-5H3/b26-16-/t29-/m1/s1. The van der Waals surface area contributed by atoms with Gasteiger partial charge in [0.05, 0.1) is 42.2 Å². The van der Waals surface area contributed by atoms with Crippen molar-refractivity contribution in [3.8, 4) is 17.2 Å². The molecule has 2 aromatic carbocycles. The first kappa shape index (κ1) is 30.1. The highest BCUT2D eigenvalue weighted by Crippen LogP contribution is 2.33. The monoisotopic (exact) mass is 605 g/mol. The summed E-state index contributed by atoms with van der Waals surface area (Å²) in [4.78, 5) is 46.6. The predicted octanol–water partition coefficient (Wildman–Crippen LogP) is 3.21. The molecule has 5 rings (SSSR count). The Balaban J connectivity index is 1.53. The van der Waals surface area contributed by atoms with E-state index in [0.717, 1.165) is 25.9 Å². The zero-order chi connectivity index (χ0) is 30.7. The molecule has 3 aromatic rings. The normalized spacial score (nSPS) is 16.7. The van der Waals surface area contributed by atoms with Gasteiger partial charge in [0.25, 0.3) is 11.5 Å². The molecule has 0 N–H and O–H groups in total. The number of carbonyl (C=O) groups excluding carboxylic acids is 2. The van der Waals surface area contributed by atoms with Crippen molar-refractivity contribution in [2.75, 3.05) is 33.9 Å². The number of fused-ring (bicyclic) bond motifs is 1. The number of amides is 1. The summed E-state index contributed by atoms with van der Waals surface area (Å²) in [5.74, 6) is 0.904. The lowest BCUT2D eigenvalue weighted by atomic mass is 9.95. The van der Waals surface area contributed by atoms with Crippen LogP contribution in [0.4, 0.5) is 0 Å². The highest BCUT2D eigenvalue weighted by atomic mass is 32.1. The molecular weight excluding hydrogens is 570 g/mol. The molecule has 1 aromatic heterocycles. The van der Waals surface area contributed by atoms with Crippen LogP contribution in [0.25, 0.3) is 6.08 Å². The van der Waals surface area contributed by atoms with Crippen LogP contribution in [-0.4, -0.2) is 61.4 Å². The molecule has 43 heavy (non-hydrogen) atoms. The van der Waals surface area contributed by atoms with E-state index in [2.05, 4.69) is 4.99 Å². The van der Waals surface area contributed by atoms with E-state index in [9.17, 15) is 14.4 Å². The molecule has 0 saturated carbocycles. The van der Waals surface area contributed by atoms with E-state index < -0.39 is 12.0 Å². The second-order valence-corrected chi connectivity index (χ2v) is 11.6. The largest absolute Gasteiger partial charge is 0.497 e. The number of nitrogens with zero attached hydrogens (tertiary/aromatic N) is 3. The predicted molar refractivity (Wildman–Crippen MR) is 162 cm³/mol. The minimum absolute atomic E-state index is 0.0535. The number of aromatic nitrogens is 1. The van der Waals surface area contributed by atoms with Gasteiger partial charge in [0, 0.05) is 13.1 Å². The second kappa shape index (κ2) is 12.9. The van der Waals surface area contributed by atoms with Crippen LogP contribution in [0.5, 0.6) is 17.2 Å². The van der Waals surface area contributed by atoms with Crippen molar-refractivity contribution < 1.29 is 28.5 Å². The number of benzene rings is 2. The molecule has 0 radical (unpaired) electrons. The van der Waals surface area contributed by atoms with E-state index in [-0.39, 0.29) is 24.2 Å². The quantitative estimate of drug-likeness (QED) is 0.345. The third kappa shape index (κ3) is 6.36. The fourth-order valence-corrected chi connectivity index (χ4v) is 6.28. The molecular formula is C32H35N3O7S. The van der Waals surface area contributed by atoms with E-state index in [1.54, 1.807) is 69.2 Å². The van der Waals surface area contributed by atoms with E-state index in [1.807, 2.05) is 12.1 Å². The van der Waals surface area contributed by atoms with Gasteiger partial charge in [-0.15, -0.1) is 0 Å². The Morgan fingerprint density at radius 1 is 1.07 bits per heavy atom. The zero-order valence-corrected chi connectivity index (χ0v) is 25.7. The first-order chi connectivity index (χ1) is 20.7. The van der Waals surface area contributed by atoms with E-state index in [0.29, 0.717) is 49.0 Å². The van der Waals surface area contributed by atoms with E-state index in [4.69, 9.17) is 18.9 Å². The van der Waals surface area contributed by atoms with Crippen LogP contribution in [0, 0.1) is 0 Å². The van der Waals surface area contributed by atoms with Gasteiger partial charge in [-0.3, -0.25) is 14.2 Å². The zero-order valence-electron chi connectivity index (χ0n) is 24.9. The fourth-order valence-electron chi connectivity index (χ4n) is 5.23. The molecule has 1 saturated heterocycles. The molecule has 3 heterocycles. The van der Waals surface area contributed by atoms with Gasteiger partial charge in [0.15, 0.2) is 22.9 Å². The van der Waals surface area contributed by atoms with Gasteiger partial charge in [-0.2, -0.15) is 0 Å². The van der Waals surface area contributed by atoms with Crippen LogP contribution in [0.2, 0.25) is 0 Å². The molecule has 226 valence electrons. The number of carbonyl (C=O) groups is 2. The maximum Gasteiger partial charge on any atom is 0.338 e. The number of ether oxygens (including phenoxy) is 4. The Kier molecular flexibility index (Phi) is 9.00. The summed E-state index contributed by atoms with van der Waals surface area (Å²) in [5, 5.41) is 0. The van der Waals surface area contributed by atoms with Gasteiger partial charge in [0.2, 0.25) is 0 Å². The lowest BCUT2D eigenvalue weighted by Gasteiger charge is -2.25. The number of methoxy groups -OCH3 is 2. The summed E-state index contributed by atoms with van der Waals surface area (Å²) >= 11 is 1.23. The Morgan fingerprint density at radius 2 is 1.84 bits per heavy atom. The summed E-state index contributed by atoms with van der Waals surface area (Å²) in [5.41, 5.74) is 1.89. The summed E-state index contributed by atoms with van der Waals surface area (Å²) in [6, 6.07) is 11.8. The molecule has 0 bridgehead atoms. The van der Waals surface area contributed by atoms with Gasteiger partial charge < -0.3 is 23.8 Å². The van der Waals surface area contributed by atoms with E-state index in [1.165, 1.54) is 23.0 Å². The van der Waals surface area contributed by atoms with Gasteiger partial charge >= 0.3 is 5.97 Å². The van der Waals surface area contributed by atoms with Gasteiger partial charge in [-0.05, 0) is 75.1 Å². The van der Waals surface area contributed by atoms with Crippen LogP contribution < -0.4 is 29.1 Å². The Bertz CT molecular complexity index is 1750. The third-order valence-corrected chi connectivity index (χ3v) is 8.27. The number of esters is 1. The second-order valence-electron chi connectivity index (χ2n) is 10.6. The highest BCUT2D eigenvalue weighted by molar-refractivity contribution is 7.07. The van der Waals surface area contributed by atoms with Crippen molar-refractivity contribution in [2.45, 2.75) is 45.8 Å². The van der Waals surface area contributed by atoms with Crippen LogP contribution in [0.15, 0.2) is 63.5 Å². The number of allylic oxidation sites excluding steroid dienone is 1. The minimum Gasteiger partial charge on any atom is -0.497 e. The fraction of sp³-hybridized carbons (Fsp3) is 0.375. The van der Waals surface area contributed by atoms with Crippen molar-refractivity contribution in [2.24, 2.45) is 4.99 Å². The number of hydrogen-bond acceptors (Lipinski definition) is 9. The van der Waals surface area contributed by atoms with E-state index >= 15 is 0 Å². The van der Waals surface area contributed by atoms with Crippen LogP contribution in [0.1, 0.15) is 50.8 Å². The van der Waals surface area contributed by atoms with Crippen molar-refractivity contribution in [3.05, 3.63) is 84.5 Å². The summed E-state index contributed by atoms with van der Waals surface area (Å²) in [6.45, 7) is 6.75. The summed E-state index contributed by atoms with van der Waals surface area (Å²) < 4.78 is 24.3. The van der Waals surface area contributed by atoms with Gasteiger partial charge in [-0.1, -0.05) is 29.5 Å². The molecule has 1 atom stereocenters. The van der Waals surface area contributed by atoms with Crippen LogP contribution >= 0.6 is 11.3 Å². The molecule has 0 aliphatic carbocycles. The Morgan fingerprint density at radius 3 is 2.53 bits per heavy atom. The van der Waals surface area contributed by atoms with Crippen molar-refractivity contribution >= 4 is 29.3 Å². The molecule has 0 spiro atoms. The van der Waals surface area contributed by atoms with Gasteiger partial charge in [0.1, 0.15) is 5.75 Å². The van der Waals surface area contributed by atoms with Crippen molar-refractivity contribution in [1.82, 2.24) is 9.47 Å². The minimum atomic E-state index is -0.752. The number of rotatable bonds is 9. The maximum atomic E-state index is 14.0.